The van der Waals surface area contributed by atoms with Crippen LogP contribution < -0.4 is 29.7 Å². The van der Waals surface area contributed by atoms with Crippen molar-refractivity contribution < 1.29 is 53.8 Å². The summed E-state index contributed by atoms with van der Waals surface area (Å²) in [6, 6.07) is 12.1. The highest BCUT2D eigenvalue weighted by Gasteiger charge is 2.54. The van der Waals surface area contributed by atoms with Crippen molar-refractivity contribution in [2.24, 2.45) is 0 Å². The average molecular weight is 490 g/mol. The monoisotopic (exact) mass is 490 g/mol. The van der Waals surface area contributed by atoms with E-state index in [1.807, 2.05) is 0 Å². The molecule has 0 saturated heterocycles. The van der Waals surface area contributed by atoms with Crippen molar-refractivity contribution in [3.05, 3.63) is 55.7 Å². The summed E-state index contributed by atoms with van der Waals surface area (Å²) in [5, 5.41) is 0. The van der Waals surface area contributed by atoms with Gasteiger partial charge in [0.2, 0.25) is 0 Å². The van der Waals surface area contributed by atoms with Crippen LogP contribution in [-0.2, 0) is 12.6 Å². The maximum atomic E-state index is 12.7. The first-order valence-corrected chi connectivity index (χ1v) is 11.1. The number of benzene rings is 2. The molecule has 0 fully saturated rings. The molecule has 137 valence electrons. The van der Waals surface area contributed by atoms with E-state index in [0.717, 1.165) is 0 Å². The molecule has 0 unspecified atom stereocenters. The number of alkyl halides is 3. The van der Waals surface area contributed by atoms with Gasteiger partial charge in [0.15, 0.2) is 7.14 Å². The van der Waals surface area contributed by atoms with Crippen molar-refractivity contribution in [2.45, 2.75) is 5.51 Å². The van der Waals surface area contributed by atoms with Gasteiger partial charge in [0.25, 0.3) is 0 Å². The van der Waals surface area contributed by atoms with Gasteiger partial charge in [0, 0.05) is 0 Å². The minimum atomic E-state index is -5.72. The lowest BCUT2D eigenvalue weighted by Gasteiger charge is -2.09. The van der Waals surface area contributed by atoms with Crippen LogP contribution in [0.3, 0.4) is 0 Å². The van der Waals surface area contributed by atoms with Crippen molar-refractivity contribution in [3.63, 3.8) is 0 Å². The number of halogens is 4. The fourth-order valence-electron chi connectivity index (χ4n) is 1.69. The predicted molar refractivity (Wildman–Crippen MR) is 79.4 cm³/mol. The Labute approximate surface area is 150 Å². The van der Waals surface area contributed by atoms with Crippen molar-refractivity contribution in [1.82, 2.24) is 0 Å². The lowest BCUT2D eigenvalue weighted by Crippen LogP contribution is -3.85. The lowest BCUT2D eigenvalue weighted by molar-refractivity contribution is -1.03. The maximum absolute atomic E-state index is 12.7. The van der Waals surface area contributed by atoms with Crippen LogP contribution in [0.25, 0.3) is 0 Å². The molecule has 1 radical (unpaired) electrons. The second-order valence-corrected chi connectivity index (χ2v) is 11.0. The molecule has 0 saturated carbocycles. The molecule has 0 aliphatic carbocycles. The Kier molecular flexibility index (Phi) is 6.16. The lowest BCUT2D eigenvalue weighted by atomic mass is 10.3. The normalized spacial score (nSPS) is 12.2. The highest BCUT2D eigenvalue weighted by atomic mass is 127. The van der Waals surface area contributed by atoms with E-state index in [2.05, 4.69) is 2.51 Å². The van der Waals surface area contributed by atoms with E-state index < -0.39 is 35.9 Å². The number of ether oxygens (including phenoxy) is 2. The standard InChI is InChI=1S/C15H14F3IO5S/c1-22-13-7-3-11(4-8-13)19(24-25(20,21)15(16,17)18)12-5-9-14(23-2)10-6-12/h3-10H,1-2H3/q+1. The Morgan fingerprint density at radius 1 is 0.800 bits per heavy atom. The largest absolute Gasteiger partial charge is 0.526 e. The minimum Gasteiger partial charge on any atom is -0.497 e. The molecular formula is C15H14F3IO5S+. The van der Waals surface area contributed by atoms with Crippen molar-refractivity contribution >= 4 is 10.1 Å². The third kappa shape index (κ3) is 4.76. The van der Waals surface area contributed by atoms with E-state index in [0.29, 0.717) is 18.6 Å². The van der Waals surface area contributed by atoms with Crippen LogP contribution in [0, 0.1) is 7.14 Å². The van der Waals surface area contributed by atoms with Gasteiger partial charge in [-0.1, -0.05) is 0 Å². The summed E-state index contributed by atoms with van der Waals surface area (Å²) >= 11 is -3.37. The van der Waals surface area contributed by atoms with Gasteiger partial charge in [-0.15, -0.1) is 0 Å². The van der Waals surface area contributed by atoms with Crippen molar-refractivity contribution in [3.8, 4) is 11.5 Å². The Morgan fingerprint density at radius 3 is 1.44 bits per heavy atom. The van der Waals surface area contributed by atoms with Crippen LogP contribution in [0.4, 0.5) is 13.2 Å². The SMILES string of the molecule is COc1ccc([I+](OS(=O)(=O)C(F)(F)F)c2ccc(OC)cc2)cc1. The van der Waals surface area contributed by atoms with Crippen LogP contribution in [0.5, 0.6) is 11.5 Å². The van der Waals surface area contributed by atoms with Gasteiger partial charge in [0.05, 0.1) is 14.2 Å². The van der Waals surface area contributed by atoms with Crippen molar-refractivity contribution in [1.29, 1.82) is 0 Å². The van der Waals surface area contributed by atoms with Crippen LogP contribution in [0.15, 0.2) is 48.5 Å². The average Bonchev–Trinajstić information content (AvgIpc) is 2.59. The molecule has 0 aliphatic heterocycles. The fourth-order valence-corrected chi connectivity index (χ4v) is 8.09. The quantitative estimate of drug-likeness (QED) is 0.427. The molecule has 0 N–H and O–H groups in total. The number of hydrogen-bond acceptors (Lipinski definition) is 5. The minimum absolute atomic E-state index is 0.378. The van der Waals surface area contributed by atoms with Crippen molar-refractivity contribution in [2.75, 3.05) is 14.2 Å². The van der Waals surface area contributed by atoms with E-state index in [4.69, 9.17) is 9.47 Å². The topological polar surface area (TPSA) is 61.8 Å². The number of methoxy groups -OCH3 is 2. The van der Waals surface area contributed by atoms with Gasteiger partial charge in [-0.25, -0.2) is 0 Å². The third-order valence-corrected chi connectivity index (χ3v) is 9.98. The summed E-state index contributed by atoms with van der Waals surface area (Å²) < 4.78 is 76.6. The molecule has 0 heterocycles. The highest BCUT2D eigenvalue weighted by molar-refractivity contribution is 7.87. The maximum Gasteiger partial charge on any atom is 0.526 e. The van der Waals surface area contributed by atoms with Gasteiger partial charge >= 0.3 is 35.9 Å². The third-order valence-electron chi connectivity index (χ3n) is 2.92. The first kappa shape index (κ1) is 19.8. The molecule has 0 aromatic heterocycles. The summed E-state index contributed by atoms with van der Waals surface area (Å²) in [4.78, 5) is 0. The molecular weight excluding hydrogens is 476 g/mol. The summed E-state index contributed by atoms with van der Waals surface area (Å²) in [5.41, 5.74) is -5.48. The van der Waals surface area contributed by atoms with E-state index in [9.17, 15) is 21.6 Å². The zero-order chi connectivity index (χ0) is 18.7. The second-order valence-electron chi connectivity index (χ2n) is 4.53. The second kappa shape index (κ2) is 7.79. The highest BCUT2D eigenvalue weighted by Crippen LogP contribution is 2.22. The van der Waals surface area contributed by atoms with Gasteiger partial charge in [-0.3, -0.25) is 0 Å². The van der Waals surface area contributed by atoms with Gasteiger partial charge < -0.3 is 9.47 Å². The Hall–Kier alpha value is -1.53. The molecule has 5 nitrogen and oxygen atoms in total. The van der Waals surface area contributed by atoms with Gasteiger partial charge in [-0.05, 0) is 51.0 Å². The smallest absolute Gasteiger partial charge is 0.497 e. The van der Waals surface area contributed by atoms with E-state index in [1.165, 1.54) is 62.8 Å². The zero-order valence-corrected chi connectivity index (χ0v) is 16.1. The summed E-state index contributed by atoms with van der Waals surface area (Å²) in [6.45, 7) is 0. The van der Waals surface area contributed by atoms with E-state index in [-0.39, 0.29) is 0 Å². The van der Waals surface area contributed by atoms with E-state index >= 15 is 0 Å². The molecule has 2 aromatic carbocycles. The van der Waals surface area contributed by atoms with E-state index in [1.54, 1.807) is 0 Å². The van der Waals surface area contributed by atoms with Gasteiger partial charge in [-0.2, -0.15) is 21.6 Å². The van der Waals surface area contributed by atoms with Crippen LogP contribution in [0.2, 0.25) is 0 Å². The molecule has 0 spiro atoms. The Morgan fingerprint density at radius 2 is 1.16 bits per heavy atom. The summed E-state index contributed by atoms with van der Waals surface area (Å²) in [5.74, 6) is 0.987. The molecule has 10 heteroatoms. The molecule has 0 aliphatic rings. The first-order valence-electron chi connectivity index (χ1n) is 6.67. The molecule has 0 bridgehead atoms. The number of hydrogen-bond donors (Lipinski definition) is 0. The molecule has 2 rings (SSSR count). The summed E-state index contributed by atoms with van der Waals surface area (Å²) in [6.07, 6.45) is 0. The summed E-state index contributed by atoms with van der Waals surface area (Å²) in [7, 11) is -2.83. The Bertz CT molecular complexity index is 757. The molecule has 0 amide bonds. The molecule has 25 heavy (non-hydrogen) atoms. The van der Waals surface area contributed by atoms with Gasteiger partial charge in [0.1, 0.15) is 11.5 Å². The fraction of sp³-hybridized carbons (Fsp3) is 0.200. The predicted octanol–water partition coefficient (Wildman–Crippen LogP) is 0.149. The first-order chi connectivity index (χ1) is 11.7. The van der Waals surface area contributed by atoms with Crippen LogP contribution >= 0.6 is 0 Å². The number of rotatable bonds is 6. The van der Waals surface area contributed by atoms with Crippen LogP contribution in [0.1, 0.15) is 0 Å². The molecule has 0 atom stereocenters. The van der Waals surface area contributed by atoms with Crippen LogP contribution in [-0.4, -0.2) is 28.1 Å². The Balaban J connectivity index is 2.46. The zero-order valence-electron chi connectivity index (χ0n) is 13.1. The molecule has 2 aromatic rings.